The Morgan fingerprint density at radius 3 is 2.50 bits per heavy atom. The first-order chi connectivity index (χ1) is 4.45. The number of aliphatic hydroxyl groups excluding tert-OH is 2. The number of hydrogen-bond donors (Lipinski definition) is 3. The summed E-state index contributed by atoms with van der Waals surface area (Å²) in [5.74, 6) is 0. The highest BCUT2D eigenvalue weighted by atomic mass is 79.9. The zero-order chi connectivity index (χ0) is 8.20. The van der Waals surface area contributed by atoms with Gasteiger partial charge in [-0.15, -0.1) is 0 Å². The number of halogens is 1. The molecule has 0 amide bonds. The predicted octanol–water partition coefficient (Wildman–Crippen LogP) is -0.149. The molecule has 0 fully saturated rings. The molecule has 0 radical (unpaired) electrons. The van der Waals surface area contributed by atoms with E-state index in [-0.39, 0.29) is 6.61 Å². The van der Waals surface area contributed by atoms with Gasteiger partial charge in [0.05, 0.1) is 13.2 Å². The second-order valence-electron chi connectivity index (χ2n) is 1.58. The van der Waals surface area contributed by atoms with E-state index in [1.807, 2.05) is 0 Å². The predicted molar refractivity (Wildman–Crippen MR) is 37.8 cm³/mol. The quantitative estimate of drug-likeness (QED) is 0.590. The van der Waals surface area contributed by atoms with E-state index in [1.54, 1.807) is 0 Å². The van der Waals surface area contributed by atoms with Crippen LogP contribution in [0.4, 0.5) is 0 Å². The number of rotatable bonds is 4. The van der Waals surface area contributed by atoms with Crippen LogP contribution in [0.25, 0.3) is 0 Å². The molecule has 62 valence electrons. The molecular formula is C3H8BrO5P. The van der Waals surface area contributed by atoms with Crippen LogP contribution in [0.5, 0.6) is 0 Å². The smallest absolute Gasteiger partial charge is 0.393 e. The minimum atomic E-state index is -3.69. The fourth-order valence-corrected chi connectivity index (χ4v) is 0.941. The van der Waals surface area contributed by atoms with E-state index in [2.05, 4.69) is 20.0 Å². The average Bonchev–Trinajstić information content (AvgIpc) is 1.81. The van der Waals surface area contributed by atoms with Crippen molar-refractivity contribution >= 4 is 21.8 Å². The highest BCUT2D eigenvalue weighted by Gasteiger charge is 2.15. The van der Waals surface area contributed by atoms with E-state index in [1.165, 1.54) is 0 Å². The van der Waals surface area contributed by atoms with Crippen LogP contribution in [-0.2, 0) is 9.09 Å². The molecule has 10 heavy (non-hydrogen) atoms. The molecule has 0 aromatic heterocycles. The first-order valence-corrected chi connectivity index (χ1v) is 6.01. The van der Waals surface area contributed by atoms with Gasteiger partial charge in [-0.25, -0.2) is 4.57 Å². The molecule has 2 unspecified atom stereocenters. The highest BCUT2D eigenvalue weighted by molar-refractivity contribution is 9.39. The van der Waals surface area contributed by atoms with Gasteiger partial charge >= 0.3 is 6.30 Å². The van der Waals surface area contributed by atoms with Gasteiger partial charge in [-0.3, -0.25) is 4.52 Å². The van der Waals surface area contributed by atoms with Crippen LogP contribution in [0.3, 0.4) is 0 Å². The Morgan fingerprint density at radius 1 is 1.70 bits per heavy atom. The molecule has 0 aliphatic heterocycles. The lowest BCUT2D eigenvalue weighted by atomic mass is 10.4. The van der Waals surface area contributed by atoms with Gasteiger partial charge in [0.1, 0.15) is 6.10 Å². The minimum Gasteiger partial charge on any atom is -0.394 e. The summed E-state index contributed by atoms with van der Waals surface area (Å²) in [4.78, 5) is 8.42. The van der Waals surface area contributed by atoms with E-state index >= 15 is 0 Å². The van der Waals surface area contributed by atoms with Gasteiger partial charge in [0.15, 0.2) is 0 Å². The molecule has 0 bridgehead atoms. The van der Waals surface area contributed by atoms with Gasteiger partial charge in [-0.05, 0) is 0 Å². The second kappa shape index (κ2) is 4.43. The lowest BCUT2D eigenvalue weighted by Gasteiger charge is -2.07. The van der Waals surface area contributed by atoms with Crippen molar-refractivity contribution in [2.24, 2.45) is 0 Å². The summed E-state index contributed by atoms with van der Waals surface area (Å²) in [6, 6.07) is 0. The monoisotopic (exact) mass is 234 g/mol. The van der Waals surface area contributed by atoms with Crippen molar-refractivity contribution in [3.05, 3.63) is 0 Å². The zero-order valence-corrected chi connectivity index (χ0v) is 7.46. The summed E-state index contributed by atoms with van der Waals surface area (Å²) < 4.78 is 14.5. The van der Waals surface area contributed by atoms with Crippen molar-refractivity contribution in [1.29, 1.82) is 0 Å². The maximum atomic E-state index is 10.3. The van der Waals surface area contributed by atoms with Crippen LogP contribution >= 0.6 is 21.8 Å². The fourth-order valence-electron chi connectivity index (χ4n) is 0.231. The van der Waals surface area contributed by atoms with Gasteiger partial charge < -0.3 is 15.1 Å². The average molecular weight is 235 g/mol. The third-order valence-electron chi connectivity index (χ3n) is 0.637. The second-order valence-corrected chi connectivity index (χ2v) is 5.43. The van der Waals surface area contributed by atoms with Gasteiger partial charge in [0.2, 0.25) is 0 Å². The summed E-state index contributed by atoms with van der Waals surface area (Å²) in [6.07, 6.45) is -4.80. The van der Waals surface area contributed by atoms with Gasteiger partial charge in [0, 0.05) is 15.5 Å². The topological polar surface area (TPSA) is 87.0 Å². The van der Waals surface area contributed by atoms with Crippen molar-refractivity contribution in [2.75, 3.05) is 13.2 Å². The van der Waals surface area contributed by atoms with Crippen molar-refractivity contribution < 1.29 is 24.2 Å². The third-order valence-corrected chi connectivity index (χ3v) is 1.72. The van der Waals surface area contributed by atoms with Gasteiger partial charge in [0.25, 0.3) is 0 Å². The molecule has 0 aromatic rings. The molecule has 0 aliphatic carbocycles. The molecule has 0 heterocycles. The molecule has 5 nitrogen and oxygen atoms in total. The summed E-state index contributed by atoms with van der Waals surface area (Å²) >= 11 is 2.33. The van der Waals surface area contributed by atoms with E-state index in [0.29, 0.717) is 0 Å². The largest absolute Gasteiger partial charge is 0.394 e. The van der Waals surface area contributed by atoms with Crippen LogP contribution in [-0.4, -0.2) is 34.4 Å². The Kier molecular flexibility index (Phi) is 4.68. The molecule has 0 rings (SSSR count). The van der Waals surface area contributed by atoms with Gasteiger partial charge in [-0.1, -0.05) is 0 Å². The fraction of sp³-hybridized carbons (Fsp3) is 1.00. The van der Waals surface area contributed by atoms with Crippen LogP contribution in [0, 0.1) is 0 Å². The molecular weight excluding hydrogens is 227 g/mol. The molecule has 0 aliphatic rings. The molecule has 0 saturated carbocycles. The normalized spacial score (nSPS) is 20.0. The van der Waals surface area contributed by atoms with Crippen molar-refractivity contribution in [2.45, 2.75) is 6.10 Å². The van der Waals surface area contributed by atoms with Crippen LogP contribution in [0.2, 0.25) is 0 Å². The van der Waals surface area contributed by atoms with Crippen molar-refractivity contribution in [1.82, 2.24) is 0 Å². The van der Waals surface area contributed by atoms with E-state index in [4.69, 9.17) is 15.1 Å². The van der Waals surface area contributed by atoms with Crippen LogP contribution in [0.15, 0.2) is 0 Å². The Hall–Kier alpha value is 0.550. The van der Waals surface area contributed by atoms with Gasteiger partial charge in [-0.2, -0.15) is 0 Å². The maximum Gasteiger partial charge on any atom is 0.393 e. The Labute approximate surface area is 65.9 Å². The summed E-state index contributed by atoms with van der Waals surface area (Å²) in [5.41, 5.74) is 0. The standard InChI is InChI=1S/C3H8BrO5P/c4-10(7,8)9-2-3(6)1-5/h3,5-6H,1-2H2,(H,7,8). The number of hydrogen-bond acceptors (Lipinski definition) is 4. The minimum absolute atomic E-state index is 0.366. The third kappa shape index (κ3) is 6.67. The van der Waals surface area contributed by atoms with Crippen LogP contribution < -0.4 is 0 Å². The van der Waals surface area contributed by atoms with E-state index in [9.17, 15) is 4.57 Å². The lowest BCUT2D eigenvalue weighted by Crippen LogP contribution is -2.17. The Morgan fingerprint density at radius 2 is 2.20 bits per heavy atom. The highest BCUT2D eigenvalue weighted by Crippen LogP contribution is 2.50. The molecule has 7 heteroatoms. The van der Waals surface area contributed by atoms with Crippen molar-refractivity contribution in [3.63, 3.8) is 0 Å². The van der Waals surface area contributed by atoms with Crippen molar-refractivity contribution in [3.8, 4) is 0 Å². The van der Waals surface area contributed by atoms with E-state index < -0.39 is 19.0 Å². The molecule has 3 N–H and O–H groups in total. The Bertz CT molecular complexity index is 133. The zero-order valence-electron chi connectivity index (χ0n) is 4.97. The first-order valence-electron chi connectivity index (χ1n) is 2.41. The first kappa shape index (κ1) is 10.6. The van der Waals surface area contributed by atoms with Crippen LogP contribution in [0.1, 0.15) is 0 Å². The molecule has 0 saturated heterocycles. The lowest BCUT2D eigenvalue weighted by molar-refractivity contribution is 0.0518. The number of aliphatic hydroxyl groups is 2. The summed E-state index contributed by atoms with van der Waals surface area (Å²) in [7, 11) is 0. The summed E-state index contributed by atoms with van der Waals surface area (Å²) in [5, 5.41) is 16.8. The van der Waals surface area contributed by atoms with E-state index in [0.717, 1.165) is 0 Å². The molecule has 0 spiro atoms. The SMILES string of the molecule is O=P(O)(Br)OCC(O)CO. The summed E-state index contributed by atoms with van der Waals surface area (Å²) in [6.45, 7) is -0.859. The molecule has 2 atom stereocenters. The Balaban J connectivity index is 3.46. The maximum absolute atomic E-state index is 10.3. The molecule has 0 aromatic carbocycles.